The minimum atomic E-state index is -0.275. The van der Waals surface area contributed by atoms with Crippen LogP contribution in [0, 0.1) is 11.3 Å². The van der Waals surface area contributed by atoms with Gasteiger partial charge in [0.1, 0.15) is 10.8 Å². The molecule has 3 heterocycles. The molecule has 0 saturated heterocycles. The predicted octanol–water partition coefficient (Wildman–Crippen LogP) is 4.35. The first-order chi connectivity index (χ1) is 10.9. The van der Waals surface area contributed by atoms with Crippen LogP contribution < -0.4 is 10.6 Å². The monoisotopic (exact) mass is 330 g/mol. The molecule has 2 aromatic heterocycles. The highest BCUT2D eigenvalue weighted by Gasteiger charge is 2.36. The van der Waals surface area contributed by atoms with Crippen molar-refractivity contribution in [2.75, 3.05) is 5.32 Å². The van der Waals surface area contributed by atoms with E-state index in [1.54, 1.807) is 17.6 Å². The topological polar surface area (TPSA) is 54.3 Å². The summed E-state index contributed by atoms with van der Waals surface area (Å²) in [6, 6.07) is 3.72. The fraction of sp³-hybridized carbons (Fsp3) is 0.500. The van der Waals surface area contributed by atoms with E-state index in [0.717, 1.165) is 35.6 Å². The van der Waals surface area contributed by atoms with Crippen LogP contribution in [0.25, 0.3) is 0 Å². The largest absolute Gasteiger partial charge is 0.465 e. The Labute approximate surface area is 140 Å². The van der Waals surface area contributed by atoms with Crippen LogP contribution >= 0.6 is 11.3 Å². The van der Waals surface area contributed by atoms with Crippen LogP contribution in [0.3, 0.4) is 0 Å². The zero-order valence-electron chi connectivity index (χ0n) is 13.7. The van der Waals surface area contributed by atoms with Crippen molar-refractivity contribution in [2.45, 2.75) is 46.2 Å². The summed E-state index contributed by atoms with van der Waals surface area (Å²) < 4.78 is 5.43. The zero-order valence-corrected chi connectivity index (χ0v) is 14.5. The van der Waals surface area contributed by atoms with Gasteiger partial charge >= 0.3 is 0 Å². The minimum Gasteiger partial charge on any atom is -0.465 e. The molecule has 0 aromatic carbocycles. The molecule has 122 valence electrons. The molecule has 0 bridgehead atoms. The summed E-state index contributed by atoms with van der Waals surface area (Å²) in [5.74, 6) is 1.44. The SMILES string of the molecule is CC(C)(C)[C@@H]1CCc2c(sc3c2C(=O)N[C@@H](c2ccco2)N3)C1. The van der Waals surface area contributed by atoms with Crippen molar-refractivity contribution < 1.29 is 9.21 Å². The lowest BCUT2D eigenvalue weighted by atomic mass is 9.72. The van der Waals surface area contributed by atoms with Crippen LogP contribution in [-0.4, -0.2) is 5.91 Å². The van der Waals surface area contributed by atoms with E-state index in [4.69, 9.17) is 4.42 Å². The third-order valence-electron chi connectivity index (χ3n) is 5.10. The minimum absolute atomic E-state index is 0.0202. The Balaban J connectivity index is 1.66. The van der Waals surface area contributed by atoms with Gasteiger partial charge in [0, 0.05) is 4.88 Å². The number of anilines is 1. The second kappa shape index (κ2) is 5.13. The molecule has 1 amide bonds. The maximum absolute atomic E-state index is 12.6. The predicted molar refractivity (Wildman–Crippen MR) is 91.8 cm³/mol. The summed E-state index contributed by atoms with van der Waals surface area (Å²) >= 11 is 1.75. The summed E-state index contributed by atoms with van der Waals surface area (Å²) in [6.45, 7) is 6.94. The van der Waals surface area contributed by atoms with E-state index in [1.165, 1.54) is 10.4 Å². The van der Waals surface area contributed by atoms with Gasteiger partial charge in [-0.05, 0) is 48.3 Å². The Hall–Kier alpha value is -1.75. The number of thiophene rings is 1. The maximum atomic E-state index is 12.6. The molecule has 4 rings (SSSR count). The number of hydrogen-bond donors (Lipinski definition) is 2. The van der Waals surface area contributed by atoms with Crippen LogP contribution in [-0.2, 0) is 12.8 Å². The van der Waals surface area contributed by atoms with Crippen molar-refractivity contribution >= 4 is 22.2 Å². The summed E-state index contributed by atoms with van der Waals surface area (Å²) in [6.07, 6.45) is 4.60. The third kappa shape index (κ3) is 2.47. The van der Waals surface area contributed by atoms with Crippen molar-refractivity contribution in [2.24, 2.45) is 11.3 Å². The number of fused-ring (bicyclic) bond motifs is 3. The summed E-state index contributed by atoms with van der Waals surface area (Å²) in [7, 11) is 0. The van der Waals surface area contributed by atoms with Gasteiger partial charge in [0.15, 0.2) is 6.17 Å². The first-order valence-electron chi connectivity index (χ1n) is 8.19. The summed E-state index contributed by atoms with van der Waals surface area (Å²) in [5.41, 5.74) is 2.43. The lowest BCUT2D eigenvalue weighted by molar-refractivity contribution is 0.0930. The van der Waals surface area contributed by atoms with E-state index in [2.05, 4.69) is 31.4 Å². The number of carbonyl (C=O) groups excluding carboxylic acids is 1. The lowest BCUT2D eigenvalue weighted by Crippen LogP contribution is -2.38. The van der Waals surface area contributed by atoms with E-state index in [9.17, 15) is 4.79 Å². The second-order valence-electron chi connectivity index (χ2n) is 7.58. The molecular weight excluding hydrogens is 308 g/mol. The van der Waals surface area contributed by atoms with Crippen LogP contribution in [0.2, 0.25) is 0 Å². The van der Waals surface area contributed by atoms with Gasteiger partial charge < -0.3 is 15.1 Å². The van der Waals surface area contributed by atoms with Crippen molar-refractivity contribution in [3.63, 3.8) is 0 Å². The maximum Gasteiger partial charge on any atom is 0.256 e. The molecule has 1 aliphatic carbocycles. The molecule has 2 atom stereocenters. The first-order valence-corrected chi connectivity index (χ1v) is 9.00. The van der Waals surface area contributed by atoms with E-state index >= 15 is 0 Å². The smallest absolute Gasteiger partial charge is 0.256 e. The molecular formula is C18H22N2O2S. The van der Waals surface area contributed by atoms with Gasteiger partial charge in [0.25, 0.3) is 5.91 Å². The van der Waals surface area contributed by atoms with Gasteiger partial charge in [-0.2, -0.15) is 0 Å². The van der Waals surface area contributed by atoms with Crippen LogP contribution in [0.4, 0.5) is 5.00 Å². The molecule has 1 aliphatic heterocycles. The average molecular weight is 330 g/mol. The number of furan rings is 1. The molecule has 2 aromatic rings. The van der Waals surface area contributed by atoms with Gasteiger partial charge in [-0.1, -0.05) is 20.8 Å². The average Bonchev–Trinajstić information content (AvgIpc) is 3.12. The van der Waals surface area contributed by atoms with Crippen LogP contribution in [0.15, 0.2) is 22.8 Å². The number of rotatable bonds is 1. The van der Waals surface area contributed by atoms with Gasteiger partial charge in [-0.25, -0.2) is 0 Å². The van der Waals surface area contributed by atoms with Gasteiger partial charge in [-0.15, -0.1) is 11.3 Å². The third-order valence-corrected chi connectivity index (χ3v) is 6.28. The highest BCUT2D eigenvalue weighted by atomic mass is 32.1. The molecule has 0 fully saturated rings. The lowest BCUT2D eigenvalue weighted by Gasteiger charge is -2.34. The fourth-order valence-corrected chi connectivity index (χ4v) is 4.99. The summed E-state index contributed by atoms with van der Waals surface area (Å²) in [5, 5.41) is 7.44. The van der Waals surface area contributed by atoms with Gasteiger partial charge in [0.2, 0.25) is 0 Å². The van der Waals surface area contributed by atoms with Crippen molar-refractivity contribution in [3.8, 4) is 0 Å². The molecule has 0 radical (unpaired) electrons. The van der Waals surface area contributed by atoms with Crippen LogP contribution in [0.5, 0.6) is 0 Å². The Bertz CT molecular complexity index is 740. The Morgan fingerprint density at radius 2 is 2.13 bits per heavy atom. The molecule has 4 nitrogen and oxygen atoms in total. The Morgan fingerprint density at radius 3 is 2.83 bits per heavy atom. The van der Waals surface area contributed by atoms with Crippen molar-refractivity contribution in [1.82, 2.24) is 5.32 Å². The molecule has 2 N–H and O–H groups in total. The quantitative estimate of drug-likeness (QED) is 0.817. The van der Waals surface area contributed by atoms with E-state index < -0.39 is 0 Å². The second-order valence-corrected chi connectivity index (χ2v) is 8.69. The van der Waals surface area contributed by atoms with Gasteiger partial charge in [0.05, 0.1) is 11.8 Å². The van der Waals surface area contributed by atoms with E-state index in [0.29, 0.717) is 11.3 Å². The highest BCUT2D eigenvalue weighted by Crippen LogP contribution is 2.45. The van der Waals surface area contributed by atoms with E-state index in [-0.39, 0.29) is 12.1 Å². The molecule has 23 heavy (non-hydrogen) atoms. The summed E-state index contributed by atoms with van der Waals surface area (Å²) in [4.78, 5) is 14.0. The Morgan fingerprint density at radius 1 is 1.30 bits per heavy atom. The standard InChI is InChI=1S/C18H22N2O2S/c1-18(2,3)10-6-7-11-13(9-10)23-17-14(11)16(21)19-15(20-17)12-5-4-8-22-12/h4-5,8,10,15,20H,6-7,9H2,1-3H3,(H,19,21)/t10-,15-/m1/s1. The molecule has 0 unspecified atom stereocenters. The molecule has 5 heteroatoms. The number of carbonyl (C=O) groups is 1. The number of nitrogens with one attached hydrogen (secondary N) is 2. The Kier molecular flexibility index (Phi) is 3.30. The molecule has 0 saturated carbocycles. The highest BCUT2D eigenvalue weighted by molar-refractivity contribution is 7.16. The number of amides is 1. The van der Waals surface area contributed by atoms with Gasteiger partial charge in [-0.3, -0.25) is 4.79 Å². The normalized spacial score (nSPS) is 23.7. The molecule has 2 aliphatic rings. The van der Waals surface area contributed by atoms with Crippen molar-refractivity contribution in [3.05, 3.63) is 40.2 Å². The van der Waals surface area contributed by atoms with Crippen molar-refractivity contribution in [1.29, 1.82) is 0 Å². The molecule has 0 spiro atoms. The van der Waals surface area contributed by atoms with E-state index in [1.807, 2.05) is 12.1 Å². The number of hydrogen-bond acceptors (Lipinski definition) is 4. The fourth-order valence-electron chi connectivity index (χ4n) is 3.64. The zero-order chi connectivity index (χ0) is 16.2. The van der Waals surface area contributed by atoms with Crippen LogP contribution in [0.1, 0.15) is 59.9 Å². The first kappa shape index (κ1) is 14.8.